The lowest BCUT2D eigenvalue weighted by Gasteiger charge is -2.20. The molecule has 4 rings (SSSR count). The van der Waals surface area contributed by atoms with Crippen molar-refractivity contribution < 1.29 is 4.79 Å². The molecule has 0 saturated heterocycles. The van der Waals surface area contributed by atoms with E-state index in [2.05, 4.69) is 15.2 Å². The first-order chi connectivity index (χ1) is 13.1. The summed E-state index contributed by atoms with van der Waals surface area (Å²) in [5, 5.41) is 10.2. The Kier molecular flexibility index (Phi) is 5.48. The largest absolute Gasteiger partial charge is 0.298 e. The first kappa shape index (κ1) is 18.5. The third kappa shape index (κ3) is 3.88. The van der Waals surface area contributed by atoms with Crippen molar-refractivity contribution in [3.8, 4) is 17.1 Å². The Bertz CT molecular complexity index is 977. The van der Waals surface area contributed by atoms with Gasteiger partial charge in [0.2, 0.25) is 0 Å². The van der Waals surface area contributed by atoms with Crippen LogP contribution >= 0.6 is 35.0 Å². The first-order valence-corrected chi connectivity index (χ1v) is 10.3. The average Bonchev–Trinajstić information content (AvgIpc) is 3.10. The minimum absolute atomic E-state index is 0.0915. The van der Waals surface area contributed by atoms with Crippen molar-refractivity contribution in [1.82, 2.24) is 19.7 Å². The summed E-state index contributed by atoms with van der Waals surface area (Å²) in [4.78, 5) is 16.5. The van der Waals surface area contributed by atoms with E-state index in [0.717, 1.165) is 30.5 Å². The summed E-state index contributed by atoms with van der Waals surface area (Å²) in [5.74, 6) is 0.921. The number of carbonyl (C=O) groups is 1. The molecule has 1 unspecified atom stereocenters. The van der Waals surface area contributed by atoms with E-state index < -0.39 is 0 Å². The maximum Gasteiger partial charge on any atom is 0.196 e. The van der Waals surface area contributed by atoms with Crippen molar-refractivity contribution in [1.29, 1.82) is 0 Å². The summed E-state index contributed by atoms with van der Waals surface area (Å²) in [5.41, 5.74) is 1.62. The number of benzene rings is 1. The molecule has 0 amide bonds. The van der Waals surface area contributed by atoms with Gasteiger partial charge < -0.3 is 0 Å². The number of hydrogen-bond acceptors (Lipinski definition) is 5. The van der Waals surface area contributed by atoms with E-state index in [4.69, 9.17) is 23.2 Å². The molecule has 2 heterocycles. The van der Waals surface area contributed by atoms with Crippen molar-refractivity contribution in [3.05, 3.63) is 52.8 Å². The van der Waals surface area contributed by atoms with Gasteiger partial charge in [-0.25, -0.2) is 0 Å². The highest BCUT2D eigenvalue weighted by Crippen LogP contribution is 2.35. The number of Topliss-reactive ketones (excluding diaryl/α,β-unsaturated/α-hetero) is 1. The molecule has 0 N–H and O–H groups in total. The Morgan fingerprint density at radius 2 is 2.00 bits per heavy atom. The zero-order valence-electron chi connectivity index (χ0n) is 14.3. The minimum atomic E-state index is -0.0915. The molecule has 1 fully saturated rings. The molecule has 1 saturated carbocycles. The summed E-state index contributed by atoms with van der Waals surface area (Å²) < 4.78 is 1.91. The number of nitrogens with zero attached hydrogens (tertiary/aromatic N) is 4. The van der Waals surface area contributed by atoms with Crippen LogP contribution in [0.4, 0.5) is 0 Å². The van der Waals surface area contributed by atoms with Gasteiger partial charge >= 0.3 is 0 Å². The molecule has 5 nitrogen and oxygen atoms in total. The van der Waals surface area contributed by atoms with Crippen LogP contribution in [0.25, 0.3) is 17.1 Å². The van der Waals surface area contributed by atoms with Gasteiger partial charge in [-0.1, -0.05) is 41.4 Å². The Hall–Kier alpha value is -1.89. The summed E-state index contributed by atoms with van der Waals surface area (Å²) in [7, 11) is 0. The van der Waals surface area contributed by atoms with Crippen LogP contribution in [0.15, 0.2) is 47.9 Å². The fourth-order valence-electron chi connectivity index (χ4n) is 3.09. The number of thioether (sulfide) groups is 1. The maximum absolute atomic E-state index is 12.3. The highest BCUT2D eigenvalue weighted by atomic mass is 35.5. The molecule has 1 aromatic carbocycles. The second kappa shape index (κ2) is 8.00. The Labute approximate surface area is 171 Å². The lowest BCUT2D eigenvalue weighted by molar-refractivity contribution is -0.119. The number of ketones is 1. The highest BCUT2D eigenvalue weighted by Gasteiger charge is 2.27. The van der Waals surface area contributed by atoms with Gasteiger partial charge in [-0.15, -0.1) is 10.2 Å². The van der Waals surface area contributed by atoms with Crippen LogP contribution in [-0.4, -0.2) is 30.8 Å². The molecule has 0 bridgehead atoms. The predicted molar refractivity (Wildman–Crippen MR) is 108 cm³/mol. The third-order valence-corrected chi connectivity index (χ3v) is 6.46. The highest BCUT2D eigenvalue weighted by molar-refractivity contribution is 8.00. The van der Waals surface area contributed by atoms with Crippen LogP contribution in [-0.2, 0) is 4.79 Å². The summed E-state index contributed by atoms with van der Waals surface area (Å²) in [6, 6.07) is 9.16. The number of aromatic nitrogens is 4. The van der Waals surface area contributed by atoms with E-state index in [1.54, 1.807) is 24.5 Å². The molecule has 0 radical (unpaired) electrons. The predicted octanol–water partition coefficient (Wildman–Crippen LogP) is 5.24. The van der Waals surface area contributed by atoms with Crippen molar-refractivity contribution in [2.45, 2.75) is 36.1 Å². The van der Waals surface area contributed by atoms with Gasteiger partial charge in [0, 0.05) is 24.4 Å². The van der Waals surface area contributed by atoms with Crippen LogP contribution < -0.4 is 0 Å². The molecular weight excluding hydrogens is 403 g/mol. The normalized spacial score (nSPS) is 17.3. The van der Waals surface area contributed by atoms with E-state index >= 15 is 0 Å². The molecule has 0 aliphatic heterocycles. The van der Waals surface area contributed by atoms with Gasteiger partial charge in [0.25, 0.3) is 0 Å². The zero-order valence-corrected chi connectivity index (χ0v) is 16.6. The van der Waals surface area contributed by atoms with Crippen molar-refractivity contribution >= 4 is 40.7 Å². The first-order valence-electron chi connectivity index (χ1n) is 8.64. The average molecular weight is 419 g/mol. The molecule has 1 aliphatic carbocycles. The summed E-state index contributed by atoms with van der Waals surface area (Å²) in [6.07, 6.45) is 6.96. The number of halogens is 2. The van der Waals surface area contributed by atoms with Gasteiger partial charge in [-0.3, -0.25) is 14.3 Å². The summed E-state index contributed by atoms with van der Waals surface area (Å²) >= 11 is 13.8. The van der Waals surface area contributed by atoms with Crippen LogP contribution in [0.1, 0.15) is 25.7 Å². The van der Waals surface area contributed by atoms with Crippen LogP contribution in [0, 0.1) is 0 Å². The van der Waals surface area contributed by atoms with Crippen molar-refractivity contribution in [2.24, 2.45) is 0 Å². The second-order valence-corrected chi connectivity index (χ2v) is 8.28. The molecule has 27 heavy (non-hydrogen) atoms. The number of hydrogen-bond donors (Lipinski definition) is 0. The van der Waals surface area contributed by atoms with Crippen LogP contribution in [0.5, 0.6) is 0 Å². The van der Waals surface area contributed by atoms with Crippen molar-refractivity contribution in [3.63, 3.8) is 0 Å². The van der Waals surface area contributed by atoms with Gasteiger partial charge in [0.05, 0.1) is 21.0 Å². The van der Waals surface area contributed by atoms with E-state index in [-0.39, 0.29) is 11.0 Å². The van der Waals surface area contributed by atoms with E-state index in [9.17, 15) is 4.79 Å². The smallest absolute Gasteiger partial charge is 0.196 e. The Morgan fingerprint density at radius 1 is 1.11 bits per heavy atom. The monoisotopic (exact) mass is 418 g/mol. The Morgan fingerprint density at radius 3 is 2.74 bits per heavy atom. The lowest BCUT2D eigenvalue weighted by atomic mass is 9.99. The lowest BCUT2D eigenvalue weighted by Crippen LogP contribution is -2.21. The third-order valence-electron chi connectivity index (χ3n) is 4.46. The van der Waals surface area contributed by atoms with Gasteiger partial charge in [-0.05, 0) is 43.2 Å². The number of carbonyl (C=O) groups excluding carboxylic acids is 1. The SMILES string of the molecule is O=C1CCCCC1Sc1nnc(-c2cccnc2)n1-c1ccc(Cl)c(Cl)c1. The Balaban J connectivity index is 1.80. The number of pyridine rings is 1. The standard InChI is InChI=1S/C19H16Cl2N4OS/c20-14-8-7-13(10-15(14)21)25-18(12-4-3-9-22-11-12)23-24-19(25)27-17-6-2-1-5-16(17)26/h3-4,7-11,17H,1-2,5-6H2. The van der Waals surface area contributed by atoms with E-state index in [1.807, 2.05) is 22.8 Å². The molecular formula is C19H16Cl2N4OS. The van der Waals surface area contributed by atoms with E-state index in [1.165, 1.54) is 11.8 Å². The van der Waals surface area contributed by atoms with Gasteiger partial charge in [0.15, 0.2) is 11.0 Å². The second-order valence-electron chi connectivity index (χ2n) is 6.30. The van der Waals surface area contributed by atoms with E-state index in [0.29, 0.717) is 27.4 Å². The molecule has 1 atom stereocenters. The molecule has 3 aromatic rings. The van der Waals surface area contributed by atoms with Gasteiger partial charge in [-0.2, -0.15) is 0 Å². The topological polar surface area (TPSA) is 60.7 Å². The quantitative estimate of drug-likeness (QED) is 0.579. The fourth-order valence-corrected chi connectivity index (χ4v) is 4.55. The minimum Gasteiger partial charge on any atom is -0.298 e. The molecule has 1 aliphatic rings. The molecule has 138 valence electrons. The summed E-state index contributed by atoms with van der Waals surface area (Å²) in [6.45, 7) is 0. The number of rotatable bonds is 4. The molecule has 2 aromatic heterocycles. The van der Waals surface area contributed by atoms with Crippen LogP contribution in [0.3, 0.4) is 0 Å². The molecule has 8 heteroatoms. The van der Waals surface area contributed by atoms with Crippen LogP contribution in [0.2, 0.25) is 10.0 Å². The fraction of sp³-hybridized carbons (Fsp3) is 0.263. The zero-order chi connectivity index (χ0) is 18.8. The molecule has 0 spiro atoms. The van der Waals surface area contributed by atoms with Gasteiger partial charge in [0.1, 0.15) is 5.78 Å². The van der Waals surface area contributed by atoms with Crippen molar-refractivity contribution in [2.75, 3.05) is 0 Å². The maximum atomic E-state index is 12.3.